The maximum Gasteiger partial charge on any atom is 0.262 e. The van der Waals surface area contributed by atoms with Gasteiger partial charge in [-0.15, -0.1) is 0 Å². The lowest BCUT2D eigenvalue weighted by Gasteiger charge is -2.37. The molecule has 5 nitrogen and oxygen atoms in total. The van der Waals surface area contributed by atoms with Gasteiger partial charge in [0.25, 0.3) is 5.56 Å². The molecular formula is C17H24N3O2S+. The monoisotopic (exact) mass is 334 g/mol. The molecule has 3 rings (SSSR count). The molecule has 2 heterocycles. The first kappa shape index (κ1) is 16.5. The van der Waals surface area contributed by atoms with Gasteiger partial charge in [0.1, 0.15) is 13.1 Å². The molecule has 1 aromatic carbocycles. The molecule has 0 amide bonds. The third-order valence-corrected chi connectivity index (χ3v) is 5.32. The quantitative estimate of drug-likeness (QED) is 0.476. The fourth-order valence-electron chi connectivity index (χ4n) is 3.12. The van der Waals surface area contributed by atoms with Crippen LogP contribution in [0.25, 0.3) is 10.9 Å². The smallest absolute Gasteiger partial charge is 0.262 e. The first-order chi connectivity index (χ1) is 11.1. The van der Waals surface area contributed by atoms with Crippen LogP contribution in [0.4, 0.5) is 0 Å². The van der Waals surface area contributed by atoms with Gasteiger partial charge in [-0.1, -0.05) is 23.9 Å². The second kappa shape index (κ2) is 7.03. The summed E-state index contributed by atoms with van der Waals surface area (Å²) in [4.78, 5) is 17.4. The number of rotatable bonds is 5. The normalized spacial score (nSPS) is 17.5. The van der Waals surface area contributed by atoms with Crippen molar-refractivity contribution in [2.45, 2.75) is 18.1 Å². The zero-order valence-electron chi connectivity index (χ0n) is 13.8. The standard InChI is InChI=1S/C17H24N3O2S/c1-20(10-12-22-13-11-20)9-5-8-19-16(21)14-6-3-4-7-15(14)18-17(19)23-2/h3-4,6-7H,5,8-13H2,1-2H3/q+1. The van der Waals surface area contributed by atoms with Crippen LogP contribution in [0.15, 0.2) is 34.2 Å². The third-order valence-electron chi connectivity index (χ3n) is 4.64. The maximum atomic E-state index is 12.8. The summed E-state index contributed by atoms with van der Waals surface area (Å²) >= 11 is 1.54. The summed E-state index contributed by atoms with van der Waals surface area (Å²) in [6.45, 7) is 5.58. The van der Waals surface area contributed by atoms with Crippen LogP contribution in [0.2, 0.25) is 0 Å². The molecule has 0 N–H and O–H groups in total. The maximum absolute atomic E-state index is 12.8. The van der Waals surface area contributed by atoms with E-state index in [2.05, 4.69) is 12.0 Å². The number of fused-ring (bicyclic) bond motifs is 1. The second-order valence-corrected chi connectivity index (χ2v) is 7.10. The Labute approximate surface area is 140 Å². The molecule has 1 fully saturated rings. The minimum Gasteiger partial charge on any atom is -0.370 e. The minimum absolute atomic E-state index is 0.0737. The number of hydrogen-bond donors (Lipinski definition) is 0. The van der Waals surface area contributed by atoms with Crippen LogP contribution in [0.1, 0.15) is 6.42 Å². The lowest BCUT2D eigenvalue weighted by atomic mass is 10.2. The van der Waals surface area contributed by atoms with E-state index in [4.69, 9.17) is 4.74 Å². The number of likely N-dealkylation sites (N-methyl/N-ethyl adjacent to an activating group) is 1. The number of quaternary nitrogens is 1. The Bertz CT molecular complexity index is 738. The number of thioether (sulfide) groups is 1. The molecule has 1 aliphatic rings. The minimum atomic E-state index is 0.0737. The van der Waals surface area contributed by atoms with E-state index in [1.54, 1.807) is 0 Å². The fraction of sp³-hybridized carbons (Fsp3) is 0.529. The van der Waals surface area contributed by atoms with Crippen molar-refractivity contribution in [3.8, 4) is 0 Å². The Hall–Kier alpha value is -1.37. The van der Waals surface area contributed by atoms with Crippen molar-refractivity contribution in [3.63, 3.8) is 0 Å². The number of ether oxygens (including phenoxy) is 1. The Kier molecular flexibility index (Phi) is 5.04. The highest BCUT2D eigenvalue weighted by Crippen LogP contribution is 2.16. The van der Waals surface area contributed by atoms with Gasteiger partial charge in [-0.05, 0) is 18.4 Å². The molecule has 6 heteroatoms. The SMILES string of the molecule is CSc1nc2ccccc2c(=O)n1CCC[N+]1(C)CCOCC1. The average Bonchev–Trinajstić information content (AvgIpc) is 2.57. The highest BCUT2D eigenvalue weighted by atomic mass is 32.2. The highest BCUT2D eigenvalue weighted by Gasteiger charge is 2.24. The molecule has 0 unspecified atom stereocenters. The summed E-state index contributed by atoms with van der Waals surface area (Å²) in [5, 5.41) is 1.51. The summed E-state index contributed by atoms with van der Waals surface area (Å²) in [6.07, 6.45) is 2.95. The Morgan fingerprint density at radius 2 is 2.04 bits per heavy atom. The van der Waals surface area contributed by atoms with Crippen molar-refractivity contribution in [2.75, 3.05) is 46.2 Å². The summed E-state index contributed by atoms with van der Waals surface area (Å²) in [7, 11) is 2.28. The van der Waals surface area contributed by atoms with Crippen LogP contribution >= 0.6 is 11.8 Å². The average molecular weight is 334 g/mol. The number of hydrogen-bond acceptors (Lipinski definition) is 4. The molecule has 23 heavy (non-hydrogen) atoms. The van der Waals surface area contributed by atoms with Crippen molar-refractivity contribution in [1.82, 2.24) is 9.55 Å². The van der Waals surface area contributed by atoms with Crippen molar-refractivity contribution in [2.24, 2.45) is 0 Å². The number of morpholine rings is 1. The molecule has 0 radical (unpaired) electrons. The van der Waals surface area contributed by atoms with E-state index in [1.165, 1.54) is 11.8 Å². The van der Waals surface area contributed by atoms with Crippen LogP contribution in [-0.2, 0) is 11.3 Å². The van der Waals surface area contributed by atoms with E-state index in [0.717, 1.165) is 61.0 Å². The number of benzene rings is 1. The lowest BCUT2D eigenvalue weighted by molar-refractivity contribution is -0.917. The van der Waals surface area contributed by atoms with Gasteiger partial charge in [0.2, 0.25) is 0 Å². The lowest BCUT2D eigenvalue weighted by Crippen LogP contribution is -2.52. The molecule has 1 aliphatic heterocycles. The summed E-state index contributed by atoms with van der Waals surface area (Å²) < 4.78 is 8.31. The van der Waals surface area contributed by atoms with E-state index in [0.29, 0.717) is 5.39 Å². The summed E-state index contributed by atoms with van der Waals surface area (Å²) in [5.74, 6) is 0. The van der Waals surface area contributed by atoms with E-state index < -0.39 is 0 Å². The van der Waals surface area contributed by atoms with Gasteiger partial charge in [0, 0.05) is 13.0 Å². The zero-order valence-corrected chi connectivity index (χ0v) is 14.6. The van der Waals surface area contributed by atoms with E-state index in [-0.39, 0.29) is 5.56 Å². The van der Waals surface area contributed by atoms with E-state index in [1.807, 2.05) is 35.1 Å². The molecule has 0 saturated carbocycles. The van der Waals surface area contributed by atoms with Crippen molar-refractivity contribution < 1.29 is 9.22 Å². The topological polar surface area (TPSA) is 44.1 Å². The molecule has 124 valence electrons. The molecule has 1 aromatic heterocycles. The van der Waals surface area contributed by atoms with Crippen molar-refractivity contribution in [1.29, 1.82) is 0 Å². The number of para-hydroxylation sites is 1. The molecule has 2 aromatic rings. The first-order valence-corrected chi connectivity index (χ1v) is 9.30. The molecule has 0 spiro atoms. The van der Waals surface area contributed by atoms with Gasteiger partial charge in [0.15, 0.2) is 5.16 Å². The number of nitrogens with zero attached hydrogens (tertiary/aromatic N) is 3. The molecular weight excluding hydrogens is 310 g/mol. The number of aromatic nitrogens is 2. The van der Waals surface area contributed by atoms with Crippen LogP contribution < -0.4 is 5.56 Å². The van der Waals surface area contributed by atoms with Crippen molar-refractivity contribution in [3.05, 3.63) is 34.6 Å². The van der Waals surface area contributed by atoms with Gasteiger partial charge in [-0.25, -0.2) is 4.98 Å². The fourth-order valence-corrected chi connectivity index (χ4v) is 3.70. The van der Waals surface area contributed by atoms with Gasteiger partial charge in [0.05, 0.1) is 37.7 Å². The summed E-state index contributed by atoms with van der Waals surface area (Å²) in [6, 6.07) is 7.59. The van der Waals surface area contributed by atoms with Gasteiger partial charge < -0.3 is 9.22 Å². The predicted octanol–water partition coefficient (Wildman–Crippen LogP) is 1.99. The van der Waals surface area contributed by atoms with E-state index >= 15 is 0 Å². The van der Waals surface area contributed by atoms with Crippen molar-refractivity contribution >= 4 is 22.7 Å². The first-order valence-electron chi connectivity index (χ1n) is 8.08. The van der Waals surface area contributed by atoms with Crippen LogP contribution in [-0.4, -0.2) is 60.2 Å². The van der Waals surface area contributed by atoms with Gasteiger partial charge in [-0.2, -0.15) is 0 Å². The molecule has 1 saturated heterocycles. The van der Waals surface area contributed by atoms with Gasteiger partial charge in [-0.3, -0.25) is 9.36 Å². The van der Waals surface area contributed by atoms with Gasteiger partial charge >= 0.3 is 0 Å². The third kappa shape index (κ3) is 3.59. The largest absolute Gasteiger partial charge is 0.370 e. The molecule has 0 atom stereocenters. The summed E-state index contributed by atoms with van der Waals surface area (Å²) in [5.41, 5.74) is 0.856. The predicted molar refractivity (Wildman–Crippen MR) is 94.0 cm³/mol. The second-order valence-electron chi connectivity index (χ2n) is 6.33. The Morgan fingerprint density at radius 3 is 2.78 bits per heavy atom. The van der Waals surface area contributed by atoms with Crippen LogP contribution in [0, 0.1) is 0 Å². The molecule has 0 bridgehead atoms. The zero-order chi connectivity index (χ0) is 16.3. The van der Waals surface area contributed by atoms with E-state index in [9.17, 15) is 4.79 Å². The Balaban J connectivity index is 1.79. The Morgan fingerprint density at radius 1 is 1.30 bits per heavy atom. The van der Waals surface area contributed by atoms with Crippen LogP contribution in [0.5, 0.6) is 0 Å². The highest BCUT2D eigenvalue weighted by molar-refractivity contribution is 7.98. The van der Waals surface area contributed by atoms with Crippen LogP contribution in [0.3, 0.4) is 0 Å². The molecule has 0 aliphatic carbocycles.